The van der Waals surface area contributed by atoms with E-state index in [9.17, 15) is 47.7 Å². The maximum atomic E-state index is 13.9. The summed E-state index contributed by atoms with van der Waals surface area (Å²) in [7, 11) is 0. The second-order valence-corrected chi connectivity index (χ2v) is 11.7. The van der Waals surface area contributed by atoms with Gasteiger partial charge >= 0.3 is 24.0 Å². The van der Waals surface area contributed by atoms with Crippen LogP contribution in [0, 0.1) is 0 Å². The van der Waals surface area contributed by atoms with Crippen molar-refractivity contribution in [2.45, 2.75) is 12.7 Å². The maximum absolute atomic E-state index is 13.9. The number of aromatic hydroxyl groups is 1. The van der Waals surface area contributed by atoms with E-state index in [-0.39, 0.29) is 54.4 Å². The summed E-state index contributed by atoms with van der Waals surface area (Å²) in [4.78, 5) is 49.7. The van der Waals surface area contributed by atoms with Gasteiger partial charge in [-0.05, 0) is 29.8 Å². The number of halogens is 8. The first-order valence-corrected chi connectivity index (χ1v) is 14.6. The molecule has 1 aliphatic carbocycles. The molecule has 3 aromatic carbocycles. The van der Waals surface area contributed by atoms with Crippen LogP contribution in [-0.2, 0) is 11.3 Å². The van der Waals surface area contributed by atoms with Crippen molar-refractivity contribution in [1.29, 1.82) is 0 Å². The van der Waals surface area contributed by atoms with E-state index in [0.717, 1.165) is 6.07 Å². The number of hydrogen-bond donors (Lipinski definition) is 4. The summed E-state index contributed by atoms with van der Waals surface area (Å²) in [5.41, 5.74) is -3.44. The molecule has 3 aromatic rings. The van der Waals surface area contributed by atoms with Crippen molar-refractivity contribution in [3.05, 3.63) is 94.5 Å². The van der Waals surface area contributed by atoms with Gasteiger partial charge in [-0.15, -0.1) is 0 Å². The Morgan fingerprint density at radius 2 is 1.43 bits per heavy atom. The molecule has 0 bridgehead atoms. The van der Waals surface area contributed by atoms with Crippen LogP contribution in [0.2, 0.25) is 25.1 Å². The first-order valence-electron chi connectivity index (χ1n) is 12.7. The molecule has 0 atom stereocenters. The molecular formula is C30H13Cl5F3NO8. The Morgan fingerprint density at radius 1 is 0.809 bits per heavy atom. The van der Waals surface area contributed by atoms with Crippen LogP contribution in [0.4, 0.5) is 13.2 Å². The molecule has 1 amide bonds. The molecule has 4 N–H and O–H groups in total. The lowest BCUT2D eigenvalue weighted by molar-refractivity contribution is -0.173. The number of phenolic OH excluding ortho intramolecular Hbond substituents is 1. The van der Waals surface area contributed by atoms with Crippen LogP contribution in [0.5, 0.6) is 5.75 Å². The zero-order valence-corrected chi connectivity index (χ0v) is 26.4. The van der Waals surface area contributed by atoms with E-state index in [1.807, 2.05) is 0 Å². The van der Waals surface area contributed by atoms with Gasteiger partial charge in [0.15, 0.2) is 5.43 Å². The molecule has 1 heterocycles. The third kappa shape index (κ3) is 6.03. The molecule has 5 rings (SSSR count). The second kappa shape index (κ2) is 12.4. The molecule has 9 nitrogen and oxygen atoms in total. The van der Waals surface area contributed by atoms with E-state index in [0.29, 0.717) is 0 Å². The second-order valence-electron chi connectivity index (χ2n) is 9.76. The van der Waals surface area contributed by atoms with Crippen LogP contribution in [0.3, 0.4) is 0 Å². The number of carbonyl (C=O) groups excluding carboxylic acids is 1. The summed E-state index contributed by atoms with van der Waals surface area (Å²) in [5, 5.41) is 29.4. The minimum atomic E-state index is -5.33. The van der Waals surface area contributed by atoms with Gasteiger partial charge in [-0.3, -0.25) is 9.59 Å². The Morgan fingerprint density at radius 3 is 2.00 bits per heavy atom. The van der Waals surface area contributed by atoms with Crippen molar-refractivity contribution >= 4 is 86.8 Å². The summed E-state index contributed by atoms with van der Waals surface area (Å²) in [6, 6.07) is 8.19. The Balaban J connectivity index is 2.01. The van der Waals surface area contributed by atoms with E-state index in [2.05, 4.69) is 0 Å². The summed E-state index contributed by atoms with van der Waals surface area (Å²) in [5.74, 6) is -6.30. The zero-order valence-electron chi connectivity index (χ0n) is 22.7. The van der Waals surface area contributed by atoms with Crippen LogP contribution < -0.4 is 10.7 Å². The SMILES string of the molecule is O=C(O)c1ccc(-c2cc3c(-c4c(Cl)c(Cl)c(Cl)c(Cl)c4C(=O)O)c4cc(Cl)c(O)cc4oc-3c(CNC(=O)C(F)(F)F)c2=O)cc1. The highest BCUT2D eigenvalue weighted by atomic mass is 35.5. The molecule has 0 radical (unpaired) electrons. The molecule has 0 unspecified atom stereocenters. The van der Waals surface area contributed by atoms with Gasteiger partial charge in [0.05, 0.1) is 48.3 Å². The Hall–Kier alpha value is -4.20. The van der Waals surface area contributed by atoms with E-state index in [1.165, 1.54) is 36.4 Å². The third-order valence-electron chi connectivity index (χ3n) is 6.98. The topological polar surface area (TPSA) is 154 Å². The standard InChI is InChI=1S/C30H13Cl5F3NO8/c31-15-6-12-17(7-16(15)40)47-26-13(18(12)19-20(28(44)45)22(33)24(35)23(34)21(19)32)5-11(9-1-3-10(4-2-9)27(42)43)25(41)14(26)8-39-29(46)30(36,37)38/h1-7,40H,8H2,(H,39,46)(H,42,43)(H,44,45). The number of benzene rings is 4. The average molecular weight is 750 g/mol. The summed E-state index contributed by atoms with van der Waals surface area (Å²) >= 11 is 31.7. The molecular weight excluding hydrogens is 737 g/mol. The number of phenols is 1. The monoisotopic (exact) mass is 747 g/mol. The van der Waals surface area contributed by atoms with Crippen LogP contribution in [0.1, 0.15) is 26.3 Å². The van der Waals surface area contributed by atoms with Crippen molar-refractivity contribution in [1.82, 2.24) is 5.32 Å². The normalized spacial score (nSPS) is 11.7. The number of carboxylic acid groups (broad SMARTS) is 2. The molecule has 47 heavy (non-hydrogen) atoms. The number of amides is 1. The highest BCUT2D eigenvalue weighted by molar-refractivity contribution is 6.54. The van der Waals surface area contributed by atoms with E-state index in [1.54, 1.807) is 5.32 Å². The Labute approximate surface area is 284 Å². The fraction of sp³-hybridized carbons (Fsp3) is 0.0667. The largest absolute Gasteiger partial charge is 0.506 e. The molecule has 242 valence electrons. The zero-order chi connectivity index (χ0) is 34.7. The summed E-state index contributed by atoms with van der Waals surface area (Å²) < 4.78 is 45.4. The smallest absolute Gasteiger partial charge is 0.471 e. The molecule has 2 aliphatic rings. The lowest BCUT2D eigenvalue weighted by Crippen LogP contribution is -2.37. The van der Waals surface area contributed by atoms with E-state index >= 15 is 0 Å². The average Bonchev–Trinajstić information content (AvgIpc) is 3.00. The fourth-order valence-corrected chi connectivity index (χ4v) is 6.05. The number of carbonyl (C=O) groups is 3. The highest BCUT2D eigenvalue weighted by Crippen LogP contribution is 2.52. The number of rotatable bonds is 6. The number of hydrogen-bond acceptors (Lipinski definition) is 6. The molecule has 0 spiro atoms. The molecule has 0 saturated heterocycles. The van der Waals surface area contributed by atoms with Crippen molar-refractivity contribution in [3.8, 4) is 39.3 Å². The van der Waals surface area contributed by atoms with Crippen molar-refractivity contribution < 1.29 is 47.3 Å². The van der Waals surface area contributed by atoms with Gasteiger partial charge in [-0.2, -0.15) is 13.2 Å². The van der Waals surface area contributed by atoms with Crippen molar-refractivity contribution in [2.75, 3.05) is 0 Å². The first kappa shape index (κ1) is 34.1. The van der Waals surface area contributed by atoms with E-state index in [4.69, 9.17) is 62.4 Å². The number of nitrogens with one attached hydrogen (secondary N) is 1. The Kier molecular flexibility index (Phi) is 9.03. The maximum Gasteiger partial charge on any atom is 0.471 e. The minimum Gasteiger partial charge on any atom is -0.506 e. The van der Waals surface area contributed by atoms with Crippen molar-refractivity contribution in [3.63, 3.8) is 0 Å². The minimum absolute atomic E-state index is 0.0322. The molecule has 0 saturated carbocycles. The molecule has 1 aliphatic heterocycles. The number of carboxylic acids is 2. The fourth-order valence-electron chi connectivity index (χ4n) is 4.86. The quantitative estimate of drug-likeness (QED) is 0.0764. The summed E-state index contributed by atoms with van der Waals surface area (Å²) in [6.45, 7) is -1.05. The molecule has 17 heteroatoms. The molecule has 0 aromatic heterocycles. The number of aromatic carboxylic acids is 2. The van der Waals surface area contributed by atoms with Gasteiger partial charge in [0.1, 0.15) is 17.1 Å². The number of fused-ring (bicyclic) bond motifs is 2. The van der Waals surface area contributed by atoms with Gasteiger partial charge in [-0.1, -0.05) is 70.1 Å². The summed E-state index contributed by atoms with van der Waals surface area (Å²) in [6.07, 6.45) is -5.33. The van der Waals surface area contributed by atoms with Gasteiger partial charge in [0.25, 0.3) is 0 Å². The van der Waals surface area contributed by atoms with E-state index < -0.39 is 73.7 Å². The predicted molar refractivity (Wildman–Crippen MR) is 169 cm³/mol. The Bertz CT molecular complexity index is 2200. The van der Waals surface area contributed by atoms with Crippen LogP contribution in [0.25, 0.3) is 44.5 Å². The lowest BCUT2D eigenvalue weighted by atomic mass is 9.86. The predicted octanol–water partition coefficient (Wildman–Crippen LogP) is 8.78. The number of alkyl halides is 3. The van der Waals surface area contributed by atoms with Gasteiger partial charge in [-0.25, -0.2) is 9.59 Å². The van der Waals surface area contributed by atoms with Crippen LogP contribution >= 0.6 is 58.0 Å². The lowest BCUT2D eigenvalue weighted by Gasteiger charge is -2.22. The van der Waals surface area contributed by atoms with Crippen LogP contribution in [-0.4, -0.2) is 39.3 Å². The first-order chi connectivity index (χ1) is 21.9. The third-order valence-corrected chi connectivity index (χ3v) is 9.09. The van der Waals surface area contributed by atoms with Gasteiger partial charge in [0.2, 0.25) is 0 Å². The molecule has 0 fully saturated rings. The van der Waals surface area contributed by atoms with Crippen LogP contribution in [0.15, 0.2) is 51.7 Å². The van der Waals surface area contributed by atoms with Crippen molar-refractivity contribution in [2.24, 2.45) is 0 Å². The van der Waals surface area contributed by atoms with Gasteiger partial charge < -0.3 is 25.1 Å². The highest BCUT2D eigenvalue weighted by Gasteiger charge is 2.39. The van der Waals surface area contributed by atoms with Gasteiger partial charge in [0, 0.05) is 33.7 Å².